The molecule has 0 spiro atoms. The zero-order valence-corrected chi connectivity index (χ0v) is 12.9. The van der Waals surface area contributed by atoms with Gasteiger partial charge in [-0.25, -0.2) is 4.68 Å². The summed E-state index contributed by atoms with van der Waals surface area (Å²) in [6.07, 6.45) is 1.98. The summed E-state index contributed by atoms with van der Waals surface area (Å²) in [5.74, 6) is 1.43. The van der Waals surface area contributed by atoms with Crippen molar-refractivity contribution in [2.75, 3.05) is 12.8 Å². The lowest BCUT2D eigenvalue weighted by Crippen LogP contribution is -2.05. The van der Waals surface area contributed by atoms with Crippen molar-refractivity contribution in [2.45, 2.75) is 32.9 Å². The Morgan fingerprint density at radius 3 is 2.64 bits per heavy atom. The molecule has 0 atom stereocenters. The van der Waals surface area contributed by atoms with Gasteiger partial charge in [-0.3, -0.25) is 0 Å². The van der Waals surface area contributed by atoms with Gasteiger partial charge in [0.05, 0.1) is 7.11 Å². The van der Waals surface area contributed by atoms with E-state index >= 15 is 0 Å². The highest BCUT2D eigenvalue weighted by Gasteiger charge is 2.16. The number of nitrogens with two attached hydrogens (primary N) is 1. The third-order valence-electron chi connectivity index (χ3n) is 3.33. The number of methoxy groups -OCH3 is 1. The second kappa shape index (κ2) is 7.36. The molecule has 2 N–H and O–H groups in total. The van der Waals surface area contributed by atoms with Gasteiger partial charge in [-0.1, -0.05) is 25.5 Å². The Hall–Kier alpha value is -2.68. The first-order valence-corrected chi connectivity index (χ1v) is 7.21. The van der Waals surface area contributed by atoms with E-state index in [0.717, 1.165) is 24.2 Å². The number of hydrogen-bond acceptors (Lipinski definition) is 5. The largest absolute Gasteiger partial charge is 0.497 e. The Bertz CT molecular complexity index is 656. The summed E-state index contributed by atoms with van der Waals surface area (Å²) < 4.78 is 12.4. The zero-order chi connectivity index (χ0) is 15.9. The van der Waals surface area contributed by atoms with Gasteiger partial charge in [-0.05, 0) is 24.1 Å². The van der Waals surface area contributed by atoms with Crippen LogP contribution in [0, 0.1) is 11.3 Å². The first-order chi connectivity index (χ1) is 10.7. The number of aromatic nitrogens is 2. The molecule has 0 amide bonds. The van der Waals surface area contributed by atoms with Gasteiger partial charge < -0.3 is 15.2 Å². The van der Waals surface area contributed by atoms with Gasteiger partial charge in [-0.2, -0.15) is 5.26 Å². The van der Waals surface area contributed by atoms with Crippen molar-refractivity contribution in [3.05, 3.63) is 35.4 Å². The summed E-state index contributed by atoms with van der Waals surface area (Å²) in [4.78, 5) is 0. The molecular formula is C16H20N4O2. The van der Waals surface area contributed by atoms with E-state index < -0.39 is 0 Å². The highest BCUT2D eigenvalue weighted by atomic mass is 16.5. The number of rotatable bonds is 7. The molecule has 0 aliphatic heterocycles. The minimum absolute atomic E-state index is 0.284. The van der Waals surface area contributed by atoms with Crippen LogP contribution < -0.4 is 15.2 Å². The average Bonchev–Trinajstić information content (AvgIpc) is 2.86. The number of nitriles is 1. The second-order valence-electron chi connectivity index (χ2n) is 4.89. The lowest BCUT2D eigenvalue weighted by atomic mass is 10.2. The molecule has 116 valence electrons. The number of unbranched alkanes of at least 4 members (excludes halogenated alkanes) is 1. The lowest BCUT2D eigenvalue weighted by molar-refractivity contribution is 0.288. The smallest absolute Gasteiger partial charge is 0.253 e. The molecule has 6 nitrogen and oxygen atoms in total. The summed E-state index contributed by atoms with van der Waals surface area (Å²) in [6.45, 7) is 3.10. The van der Waals surface area contributed by atoms with E-state index in [1.165, 1.54) is 0 Å². The quantitative estimate of drug-likeness (QED) is 0.849. The number of ether oxygens (including phenoxy) is 2. The molecule has 0 saturated carbocycles. The topological polar surface area (TPSA) is 86.1 Å². The van der Waals surface area contributed by atoms with Crippen molar-refractivity contribution in [3.8, 4) is 17.7 Å². The summed E-state index contributed by atoms with van der Waals surface area (Å²) >= 11 is 0. The van der Waals surface area contributed by atoms with E-state index in [-0.39, 0.29) is 5.88 Å². The molecule has 0 radical (unpaired) electrons. The third kappa shape index (κ3) is 3.50. The molecule has 1 heterocycles. The van der Waals surface area contributed by atoms with Gasteiger partial charge in [0.2, 0.25) is 0 Å². The molecule has 0 saturated heterocycles. The Labute approximate surface area is 130 Å². The van der Waals surface area contributed by atoms with E-state index in [1.807, 2.05) is 24.3 Å². The van der Waals surface area contributed by atoms with Gasteiger partial charge in [0.25, 0.3) is 5.88 Å². The van der Waals surface area contributed by atoms with Crippen molar-refractivity contribution >= 4 is 5.82 Å². The maximum atomic E-state index is 9.22. The fraction of sp³-hybridized carbons (Fsp3) is 0.375. The van der Waals surface area contributed by atoms with E-state index in [4.69, 9.17) is 15.2 Å². The van der Waals surface area contributed by atoms with Gasteiger partial charge in [0.15, 0.2) is 5.56 Å². The molecule has 22 heavy (non-hydrogen) atoms. The van der Waals surface area contributed by atoms with Gasteiger partial charge in [0.1, 0.15) is 24.2 Å². The Balaban J connectivity index is 2.09. The molecule has 0 bridgehead atoms. The molecule has 2 rings (SSSR count). The SMILES string of the molecule is CCCCn1nc(OCc2ccc(OC)cc2)c(C#N)c1N. The van der Waals surface area contributed by atoms with E-state index in [2.05, 4.69) is 18.1 Å². The van der Waals surface area contributed by atoms with Crippen molar-refractivity contribution in [2.24, 2.45) is 0 Å². The Morgan fingerprint density at radius 2 is 2.05 bits per heavy atom. The molecule has 0 fully saturated rings. The molecule has 1 aromatic carbocycles. The molecule has 0 unspecified atom stereocenters. The van der Waals surface area contributed by atoms with Crippen molar-refractivity contribution < 1.29 is 9.47 Å². The van der Waals surface area contributed by atoms with Crippen LogP contribution in [0.5, 0.6) is 11.6 Å². The Kier molecular flexibility index (Phi) is 5.26. The summed E-state index contributed by atoms with van der Waals surface area (Å²) in [6, 6.07) is 9.59. The number of anilines is 1. The van der Waals surface area contributed by atoms with Crippen molar-refractivity contribution in [3.63, 3.8) is 0 Å². The minimum atomic E-state index is 0.284. The number of nitrogens with zero attached hydrogens (tertiary/aromatic N) is 3. The summed E-state index contributed by atoms with van der Waals surface area (Å²) in [7, 11) is 1.62. The van der Waals surface area contributed by atoms with Gasteiger partial charge in [0, 0.05) is 6.54 Å². The number of aryl methyl sites for hydroxylation is 1. The molecule has 0 aliphatic carbocycles. The number of nitrogen functional groups attached to an aromatic ring is 1. The van der Waals surface area contributed by atoms with Crippen LogP contribution >= 0.6 is 0 Å². The van der Waals surface area contributed by atoms with Crippen LogP contribution in [-0.2, 0) is 13.2 Å². The van der Waals surface area contributed by atoms with E-state index in [9.17, 15) is 5.26 Å². The van der Waals surface area contributed by atoms with E-state index in [1.54, 1.807) is 11.8 Å². The van der Waals surface area contributed by atoms with Crippen LogP contribution in [0.4, 0.5) is 5.82 Å². The van der Waals surface area contributed by atoms with Crippen LogP contribution in [0.1, 0.15) is 30.9 Å². The summed E-state index contributed by atoms with van der Waals surface area (Å²) in [5.41, 5.74) is 7.20. The maximum Gasteiger partial charge on any atom is 0.253 e. The monoisotopic (exact) mass is 300 g/mol. The highest BCUT2D eigenvalue weighted by Crippen LogP contribution is 2.24. The van der Waals surface area contributed by atoms with Crippen molar-refractivity contribution in [1.29, 1.82) is 5.26 Å². The van der Waals surface area contributed by atoms with Gasteiger partial charge in [-0.15, -0.1) is 5.10 Å². The molecular weight excluding hydrogens is 280 g/mol. The maximum absolute atomic E-state index is 9.22. The van der Waals surface area contributed by atoms with Crippen LogP contribution in [0.3, 0.4) is 0 Å². The number of hydrogen-bond donors (Lipinski definition) is 1. The third-order valence-corrected chi connectivity index (χ3v) is 3.33. The number of benzene rings is 1. The van der Waals surface area contributed by atoms with Gasteiger partial charge >= 0.3 is 0 Å². The highest BCUT2D eigenvalue weighted by molar-refractivity contribution is 5.55. The molecule has 2 aromatic rings. The zero-order valence-electron chi connectivity index (χ0n) is 12.9. The molecule has 1 aromatic heterocycles. The average molecular weight is 300 g/mol. The van der Waals surface area contributed by atoms with Crippen LogP contribution in [0.15, 0.2) is 24.3 Å². The van der Waals surface area contributed by atoms with E-state index in [0.29, 0.717) is 24.5 Å². The van der Waals surface area contributed by atoms with Crippen LogP contribution in [-0.4, -0.2) is 16.9 Å². The standard InChI is InChI=1S/C16H20N4O2/c1-3-4-9-20-15(18)14(10-17)16(19-20)22-11-12-5-7-13(21-2)8-6-12/h5-8H,3-4,9,11,18H2,1-2H3. The molecule has 0 aliphatic rings. The van der Waals surface area contributed by atoms with Crippen LogP contribution in [0.2, 0.25) is 0 Å². The lowest BCUT2D eigenvalue weighted by Gasteiger charge is -2.05. The first-order valence-electron chi connectivity index (χ1n) is 7.21. The summed E-state index contributed by atoms with van der Waals surface area (Å²) in [5, 5.41) is 13.5. The fourth-order valence-electron chi connectivity index (χ4n) is 2.01. The second-order valence-corrected chi connectivity index (χ2v) is 4.89. The minimum Gasteiger partial charge on any atom is -0.497 e. The fourth-order valence-corrected chi connectivity index (χ4v) is 2.01. The van der Waals surface area contributed by atoms with Crippen molar-refractivity contribution in [1.82, 2.24) is 9.78 Å². The first kappa shape index (κ1) is 15.7. The Morgan fingerprint density at radius 1 is 1.32 bits per heavy atom. The normalized spacial score (nSPS) is 10.2. The van der Waals surface area contributed by atoms with Crippen LogP contribution in [0.25, 0.3) is 0 Å². The predicted molar refractivity (Wildman–Crippen MR) is 83.6 cm³/mol. The predicted octanol–water partition coefficient (Wildman–Crippen LogP) is 2.72. The molecule has 6 heteroatoms.